The van der Waals surface area contributed by atoms with Crippen molar-refractivity contribution in [1.82, 2.24) is 16.0 Å². The highest BCUT2D eigenvalue weighted by Gasteiger charge is 2.32. The van der Waals surface area contributed by atoms with E-state index < -0.39 is 36.6 Å². The van der Waals surface area contributed by atoms with Crippen LogP contribution in [0.25, 0.3) is 0 Å². The Bertz CT molecular complexity index is 803. The molecule has 2 aliphatic carbocycles. The summed E-state index contributed by atoms with van der Waals surface area (Å²) in [6.45, 7) is 2.18. The molecule has 3 N–H and O–H groups in total. The Morgan fingerprint density at radius 2 is 2.12 bits per heavy atom. The number of hydrogen-bond donors (Lipinski definition) is 3. The maximum atomic E-state index is 12.9. The second-order valence-corrected chi connectivity index (χ2v) is 9.79. The number of amides is 3. The second kappa shape index (κ2) is 11.5. The predicted octanol–water partition coefficient (Wildman–Crippen LogP) is 2.33. The quantitative estimate of drug-likeness (QED) is 0.350. The maximum Gasteiger partial charge on any atom is 0.407 e. The standard InChI is InChI=1S/C24H37N3O5/c1-15(2)8-21(23(30)26-20(13-28)12-19-6-7-25-22(19)29)27-24(31)32-14-18-10-16-4-3-5-17(9-16)11-18/h3-4,13,15-21H,5-12,14H2,1-2H3,(H,25,29)(H,26,30)(H,27,31)/t16?,17?,18?,19-,20+,21+/m1/s1/i14D2. The van der Waals surface area contributed by atoms with E-state index in [1.54, 1.807) is 0 Å². The van der Waals surface area contributed by atoms with Crippen LogP contribution >= 0.6 is 0 Å². The summed E-state index contributed by atoms with van der Waals surface area (Å²) < 4.78 is 22.0. The van der Waals surface area contributed by atoms with E-state index in [0.29, 0.717) is 43.9 Å². The zero-order valence-electron chi connectivity index (χ0n) is 21.0. The Labute approximate surface area is 193 Å². The van der Waals surface area contributed by atoms with E-state index in [1.807, 2.05) is 13.8 Å². The molecule has 3 unspecified atom stereocenters. The number of nitrogens with one attached hydrogen (secondary N) is 3. The van der Waals surface area contributed by atoms with Crippen molar-refractivity contribution in [2.45, 2.75) is 70.9 Å². The third-order valence-corrected chi connectivity index (χ3v) is 6.55. The smallest absolute Gasteiger partial charge is 0.407 e. The number of fused-ring (bicyclic) bond motifs is 2. The van der Waals surface area contributed by atoms with Crippen LogP contribution in [0.2, 0.25) is 0 Å². The molecule has 2 bridgehead atoms. The number of allylic oxidation sites excluding steroid dienone is 2. The van der Waals surface area contributed by atoms with Gasteiger partial charge >= 0.3 is 6.09 Å². The van der Waals surface area contributed by atoms with Gasteiger partial charge in [0.25, 0.3) is 0 Å². The van der Waals surface area contributed by atoms with E-state index in [-0.39, 0.29) is 30.6 Å². The summed E-state index contributed by atoms with van der Waals surface area (Å²) in [7, 11) is 0. The monoisotopic (exact) mass is 449 g/mol. The van der Waals surface area contributed by atoms with Crippen molar-refractivity contribution in [1.29, 1.82) is 0 Å². The molecule has 32 heavy (non-hydrogen) atoms. The largest absolute Gasteiger partial charge is 0.449 e. The minimum Gasteiger partial charge on any atom is -0.449 e. The van der Waals surface area contributed by atoms with E-state index in [4.69, 9.17) is 7.48 Å². The van der Waals surface area contributed by atoms with Gasteiger partial charge in [-0.2, -0.15) is 0 Å². The molecule has 0 spiro atoms. The lowest BCUT2D eigenvalue weighted by Gasteiger charge is -2.35. The molecule has 0 aromatic heterocycles. The van der Waals surface area contributed by atoms with Crippen molar-refractivity contribution in [2.75, 3.05) is 13.1 Å². The molecule has 1 saturated carbocycles. The first kappa shape index (κ1) is 21.5. The van der Waals surface area contributed by atoms with E-state index in [9.17, 15) is 19.2 Å². The molecule has 8 nitrogen and oxygen atoms in total. The molecule has 178 valence electrons. The van der Waals surface area contributed by atoms with Crippen LogP contribution in [0.3, 0.4) is 0 Å². The highest BCUT2D eigenvalue weighted by molar-refractivity contribution is 5.88. The fourth-order valence-electron chi connectivity index (χ4n) is 5.01. The first-order valence-electron chi connectivity index (χ1n) is 12.8. The molecule has 0 aromatic rings. The number of aldehydes is 1. The molecule has 1 heterocycles. The van der Waals surface area contributed by atoms with Gasteiger partial charge in [-0.25, -0.2) is 4.79 Å². The van der Waals surface area contributed by atoms with Crippen LogP contribution in [-0.2, 0) is 19.1 Å². The number of carbonyl (C=O) groups is 4. The van der Waals surface area contributed by atoms with Gasteiger partial charge in [-0.1, -0.05) is 26.0 Å². The molecule has 2 fully saturated rings. The van der Waals surface area contributed by atoms with Crippen LogP contribution in [0.1, 0.15) is 61.5 Å². The van der Waals surface area contributed by atoms with Crippen molar-refractivity contribution >= 4 is 24.2 Å². The number of hydrogen-bond acceptors (Lipinski definition) is 5. The van der Waals surface area contributed by atoms with E-state index in [0.717, 1.165) is 12.8 Å². The third-order valence-electron chi connectivity index (χ3n) is 6.55. The molecule has 1 saturated heterocycles. The predicted molar refractivity (Wildman–Crippen MR) is 120 cm³/mol. The summed E-state index contributed by atoms with van der Waals surface area (Å²) in [6, 6.07) is -1.84. The van der Waals surface area contributed by atoms with Crippen LogP contribution in [-0.4, -0.2) is 49.4 Å². The van der Waals surface area contributed by atoms with Crippen LogP contribution in [0.5, 0.6) is 0 Å². The van der Waals surface area contributed by atoms with Gasteiger partial charge in [-0.15, -0.1) is 0 Å². The van der Waals surface area contributed by atoms with Gasteiger partial charge in [0.2, 0.25) is 11.8 Å². The zero-order valence-corrected chi connectivity index (χ0v) is 19.0. The van der Waals surface area contributed by atoms with Crippen molar-refractivity contribution in [2.24, 2.45) is 29.6 Å². The number of rotatable bonds is 10. The van der Waals surface area contributed by atoms with Crippen LogP contribution in [0.4, 0.5) is 4.79 Å². The van der Waals surface area contributed by atoms with Crippen LogP contribution in [0.15, 0.2) is 12.2 Å². The first-order chi connectivity index (χ1) is 16.1. The summed E-state index contributed by atoms with van der Waals surface area (Å²) in [4.78, 5) is 48.9. The molecule has 3 aliphatic rings. The number of ether oxygens (including phenoxy) is 1. The first-order valence-corrected chi connectivity index (χ1v) is 11.8. The molecule has 0 aromatic carbocycles. The molecule has 1 aliphatic heterocycles. The van der Waals surface area contributed by atoms with Crippen molar-refractivity contribution < 1.29 is 26.7 Å². The van der Waals surface area contributed by atoms with Gasteiger partial charge in [-0.3, -0.25) is 9.59 Å². The molecule has 3 amide bonds. The Hall–Kier alpha value is -2.38. The Morgan fingerprint density at radius 1 is 1.31 bits per heavy atom. The second-order valence-electron chi connectivity index (χ2n) is 9.79. The minimum absolute atomic E-state index is 0.0487. The highest BCUT2D eigenvalue weighted by Crippen LogP contribution is 2.39. The van der Waals surface area contributed by atoms with Gasteiger partial charge in [0.15, 0.2) is 0 Å². The SMILES string of the molecule is [2H]C([2H])(OC(=O)N[C@@H](CC(C)C)C(=O)N[C@H](C=O)C[C@H]1CCNC1=O)C1CC2C=CCC(C2)C1. The van der Waals surface area contributed by atoms with Gasteiger partial charge < -0.3 is 25.5 Å². The summed E-state index contributed by atoms with van der Waals surface area (Å²) in [5.41, 5.74) is 0. The zero-order chi connectivity index (χ0) is 24.9. The summed E-state index contributed by atoms with van der Waals surface area (Å²) in [5.74, 6) is -0.675. The Balaban J connectivity index is 1.57. The molecule has 0 radical (unpaired) electrons. The number of alkyl carbamates (subject to hydrolysis) is 1. The van der Waals surface area contributed by atoms with Crippen molar-refractivity contribution in [3.05, 3.63) is 12.2 Å². The van der Waals surface area contributed by atoms with E-state index in [1.165, 1.54) is 0 Å². The van der Waals surface area contributed by atoms with Gasteiger partial charge in [-0.05, 0) is 68.6 Å². The van der Waals surface area contributed by atoms with Crippen LogP contribution in [0, 0.1) is 29.6 Å². The fourth-order valence-corrected chi connectivity index (χ4v) is 5.01. The average Bonchev–Trinajstić information content (AvgIpc) is 3.16. The minimum atomic E-state index is -2.15. The topological polar surface area (TPSA) is 114 Å². The molecule has 8 heteroatoms. The van der Waals surface area contributed by atoms with Crippen molar-refractivity contribution in [3.8, 4) is 0 Å². The fraction of sp³-hybridized carbons (Fsp3) is 0.750. The summed E-state index contributed by atoms with van der Waals surface area (Å²) in [5, 5.41) is 7.83. The van der Waals surface area contributed by atoms with E-state index >= 15 is 0 Å². The lowest BCUT2D eigenvalue weighted by molar-refractivity contribution is -0.127. The molecule has 3 rings (SSSR count). The lowest BCUT2D eigenvalue weighted by atomic mass is 9.71. The lowest BCUT2D eigenvalue weighted by Crippen LogP contribution is -2.51. The maximum absolute atomic E-state index is 12.9. The van der Waals surface area contributed by atoms with Gasteiger partial charge in [0, 0.05) is 12.5 Å². The molecular formula is C24H37N3O5. The third kappa shape index (κ3) is 7.07. The average molecular weight is 450 g/mol. The highest BCUT2D eigenvalue weighted by atomic mass is 16.5. The molecular weight excluding hydrogens is 410 g/mol. The summed E-state index contributed by atoms with van der Waals surface area (Å²) >= 11 is 0. The normalized spacial score (nSPS) is 29.9. The van der Waals surface area contributed by atoms with Gasteiger partial charge in [0.05, 0.1) is 15.3 Å². The van der Waals surface area contributed by atoms with Gasteiger partial charge in [0.1, 0.15) is 12.3 Å². The Kier molecular flexibility index (Phi) is 7.70. The number of carbonyl (C=O) groups excluding carboxylic acids is 4. The van der Waals surface area contributed by atoms with Crippen LogP contribution < -0.4 is 16.0 Å². The summed E-state index contributed by atoms with van der Waals surface area (Å²) in [6.07, 6.45) is 8.23. The van der Waals surface area contributed by atoms with E-state index in [2.05, 4.69) is 28.1 Å². The molecule has 6 atom stereocenters. The Morgan fingerprint density at radius 3 is 2.78 bits per heavy atom. The van der Waals surface area contributed by atoms with Crippen molar-refractivity contribution in [3.63, 3.8) is 0 Å².